The van der Waals surface area contributed by atoms with E-state index in [1.54, 1.807) is 4.68 Å². The van der Waals surface area contributed by atoms with Gasteiger partial charge in [0, 0.05) is 32.4 Å². The van der Waals surface area contributed by atoms with Gasteiger partial charge in [-0.15, -0.1) is 0 Å². The van der Waals surface area contributed by atoms with Crippen LogP contribution >= 0.6 is 0 Å². The van der Waals surface area contributed by atoms with Crippen molar-refractivity contribution in [3.8, 4) is 0 Å². The second kappa shape index (κ2) is 3.28. The van der Waals surface area contributed by atoms with Crippen LogP contribution in [-0.2, 0) is 7.05 Å². The zero-order chi connectivity index (χ0) is 10.2. The van der Waals surface area contributed by atoms with Crippen LogP contribution in [0.2, 0.25) is 0 Å². The molecule has 0 bridgehead atoms. The Hall–Kier alpha value is -1.03. The quantitative estimate of drug-likeness (QED) is 0.719. The molecule has 0 aliphatic carbocycles. The number of hydrogen-bond acceptors (Lipinski definition) is 3. The third-order valence-corrected chi connectivity index (χ3v) is 2.70. The fourth-order valence-electron chi connectivity index (χ4n) is 1.99. The van der Waals surface area contributed by atoms with Gasteiger partial charge in [0.15, 0.2) is 5.82 Å². The number of hydrogen-bond donors (Lipinski definition) is 1. The van der Waals surface area contributed by atoms with Crippen LogP contribution in [0, 0.1) is 0 Å². The molecule has 0 amide bonds. The van der Waals surface area contributed by atoms with E-state index in [2.05, 4.69) is 10.00 Å². The first-order chi connectivity index (χ1) is 6.57. The largest absolute Gasteiger partial charge is 0.388 e. The Morgan fingerprint density at radius 2 is 2.36 bits per heavy atom. The van der Waals surface area contributed by atoms with Crippen molar-refractivity contribution in [2.24, 2.45) is 7.05 Å². The number of aryl methyl sites for hydroxylation is 1. The lowest BCUT2D eigenvalue weighted by atomic mass is 9.95. The second-order valence-electron chi connectivity index (χ2n) is 4.37. The molecule has 2 heterocycles. The number of anilines is 1. The van der Waals surface area contributed by atoms with Gasteiger partial charge < -0.3 is 10.0 Å². The molecule has 1 aromatic rings. The smallest absolute Gasteiger partial charge is 0.150 e. The molecule has 14 heavy (non-hydrogen) atoms. The predicted octanol–water partition coefficient (Wildman–Crippen LogP) is 0.771. The van der Waals surface area contributed by atoms with E-state index in [1.807, 2.05) is 26.2 Å². The van der Waals surface area contributed by atoms with Crippen molar-refractivity contribution in [1.82, 2.24) is 9.78 Å². The summed E-state index contributed by atoms with van der Waals surface area (Å²) in [6.45, 7) is 3.57. The van der Waals surface area contributed by atoms with Crippen LogP contribution in [-0.4, -0.2) is 33.6 Å². The fourth-order valence-corrected chi connectivity index (χ4v) is 1.99. The Balaban J connectivity index is 2.12. The standard InChI is InChI=1S/C10H17N3O/c1-10(14)5-3-6-13(8-10)9-4-7-12(2)11-9/h4,7,14H,3,5-6,8H2,1-2H3. The first-order valence-corrected chi connectivity index (χ1v) is 5.04. The van der Waals surface area contributed by atoms with Gasteiger partial charge in [0.05, 0.1) is 5.60 Å². The first-order valence-electron chi connectivity index (χ1n) is 5.04. The van der Waals surface area contributed by atoms with Crippen LogP contribution in [0.25, 0.3) is 0 Å². The summed E-state index contributed by atoms with van der Waals surface area (Å²) >= 11 is 0. The number of rotatable bonds is 1. The molecule has 0 saturated carbocycles. The highest BCUT2D eigenvalue weighted by Gasteiger charge is 2.29. The predicted molar refractivity (Wildman–Crippen MR) is 55.3 cm³/mol. The van der Waals surface area contributed by atoms with Crippen molar-refractivity contribution in [2.45, 2.75) is 25.4 Å². The summed E-state index contributed by atoms with van der Waals surface area (Å²) in [7, 11) is 1.91. The van der Waals surface area contributed by atoms with E-state index in [0.29, 0.717) is 6.54 Å². The maximum Gasteiger partial charge on any atom is 0.150 e. The molecule has 1 aliphatic heterocycles. The van der Waals surface area contributed by atoms with Crippen LogP contribution in [0.4, 0.5) is 5.82 Å². The Morgan fingerprint density at radius 3 is 2.93 bits per heavy atom. The molecule has 1 N–H and O–H groups in total. The number of nitrogens with zero attached hydrogens (tertiary/aromatic N) is 3. The Bertz CT molecular complexity index is 319. The van der Waals surface area contributed by atoms with Crippen molar-refractivity contribution in [3.63, 3.8) is 0 Å². The zero-order valence-corrected chi connectivity index (χ0v) is 8.77. The molecule has 78 valence electrons. The summed E-state index contributed by atoms with van der Waals surface area (Å²) in [6, 6.07) is 1.99. The molecule has 4 nitrogen and oxygen atoms in total. The minimum absolute atomic E-state index is 0.560. The number of aliphatic hydroxyl groups is 1. The molecule has 4 heteroatoms. The lowest BCUT2D eigenvalue weighted by Crippen LogP contribution is -2.46. The normalized spacial score (nSPS) is 28.1. The van der Waals surface area contributed by atoms with E-state index in [9.17, 15) is 5.11 Å². The van der Waals surface area contributed by atoms with E-state index >= 15 is 0 Å². The third kappa shape index (κ3) is 1.90. The molecule has 1 fully saturated rings. The van der Waals surface area contributed by atoms with E-state index in [4.69, 9.17) is 0 Å². The van der Waals surface area contributed by atoms with Gasteiger partial charge >= 0.3 is 0 Å². The summed E-state index contributed by atoms with van der Waals surface area (Å²) in [6.07, 6.45) is 3.85. The van der Waals surface area contributed by atoms with Gasteiger partial charge in [-0.1, -0.05) is 0 Å². The summed E-state index contributed by atoms with van der Waals surface area (Å²) < 4.78 is 1.79. The van der Waals surface area contributed by atoms with Crippen molar-refractivity contribution in [3.05, 3.63) is 12.3 Å². The van der Waals surface area contributed by atoms with E-state index < -0.39 is 5.60 Å². The number of aromatic nitrogens is 2. The second-order valence-corrected chi connectivity index (χ2v) is 4.37. The molecule has 1 aliphatic rings. The first kappa shape index (κ1) is 9.52. The Labute approximate surface area is 84.1 Å². The summed E-state index contributed by atoms with van der Waals surface area (Å²) in [5, 5.41) is 14.3. The van der Waals surface area contributed by atoms with Crippen molar-refractivity contribution < 1.29 is 5.11 Å². The minimum atomic E-state index is -0.560. The van der Waals surface area contributed by atoms with Gasteiger partial charge in [0.1, 0.15) is 0 Å². The molecule has 2 rings (SSSR count). The van der Waals surface area contributed by atoms with E-state index in [-0.39, 0.29) is 0 Å². The van der Waals surface area contributed by atoms with Crippen LogP contribution in [0.1, 0.15) is 19.8 Å². The van der Waals surface area contributed by atoms with Crippen molar-refractivity contribution in [2.75, 3.05) is 18.0 Å². The van der Waals surface area contributed by atoms with Crippen LogP contribution < -0.4 is 4.90 Å². The average molecular weight is 195 g/mol. The maximum absolute atomic E-state index is 9.94. The monoisotopic (exact) mass is 195 g/mol. The summed E-state index contributed by atoms with van der Waals surface area (Å²) in [4.78, 5) is 2.14. The van der Waals surface area contributed by atoms with E-state index in [0.717, 1.165) is 25.2 Å². The van der Waals surface area contributed by atoms with Gasteiger partial charge in [-0.25, -0.2) is 0 Å². The molecule has 1 atom stereocenters. The van der Waals surface area contributed by atoms with Gasteiger partial charge in [-0.05, 0) is 19.8 Å². The van der Waals surface area contributed by atoms with Crippen LogP contribution in [0.15, 0.2) is 12.3 Å². The molecule has 0 spiro atoms. The van der Waals surface area contributed by atoms with Crippen molar-refractivity contribution in [1.29, 1.82) is 0 Å². The maximum atomic E-state index is 9.94. The molecule has 1 aromatic heterocycles. The van der Waals surface area contributed by atoms with Gasteiger partial charge in [0.2, 0.25) is 0 Å². The molecule has 1 unspecified atom stereocenters. The molecular weight excluding hydrogens is 178 g/mol. The van der Waals surface area contributed by atoms with Crippen LogP contribution in [0.3, 0.4) is 0 Å². The number of piperidine rings is 1. The third-order valence-electron chi connectivity index (χ3n) is 2.70. The van der Waals surface area contributed by atoms with E-state index in [1.165, 1.54) is 0 Å². The SMILES string of the molecule is Cn1ccc(N2CCCC(C)(O)C2)n1. The highest BCUT2D eigenvalue weighted by molar-refractivity contribution is 5.38. The fraction of sp³-hybridized carbons (Fsp3) is 0.700. The zero-order valence-electron chi connectivity index (χ0n) is 8.77. The molecular formula is C10H17N3O. The average Bonchev–Trinajstić information content (AvgIpc) is 2.50. The minimum Gasteiger partial charge on any atom is -0.388 e. The highest BCUT2D eigenvalue weighted by atomic mass is 16.3. The molecule has 0 radical (unpaired) electrons. The number of β-amino-alcohol motifs (C(OH)–C–C–N with tert-alkyl or cyclic N) is 1. The Kier molecular flexibility index (Phi) is 2.23. The Morgan fingerprint density at radius 1 is 1.57 bits per heavy atom. The summed E-state index contributed by atoms with van der Waals surface area (Å²) in [5.41, 5.74) is -0.560. The lowest BCUT2D eigenvalue weighted by Gasteiger charge is -2.36. The van der Waals surface area contributed by atoms with Gasteiger partial charge in [-0.2, -0.15) is 5.10 Å². The molecule has 1 saturated heterocycles. The van der Waals surface area contributed by atoms with Gasteiger partial charge in [0.25, 0.3) is 0 Å². The van der Waals surface area contributed by atoms with Crippen LogP contribution in [0.5, 0.6) is 0 Å². The van der Waals surface area contributed by atoms with Crippen molar-refractivity contribution >= 4 is 5.82 Å². The molecule has 0 aromatic carbocycles. The highest BCUT2D eigenvalue weighted by Crippen LogP contribution is 2.23. The topological polar surface area (TPSA) is 41.3 Å². The lowest BCUT2D eigenvalue weighted by molar-refractivity contribution is 0.0447. The van der Waals surface area contributed by atoms with Gasteiger partial charge in [-0.3, -0.25) is 4.68 Å². The summed E-state index contributed by atoms with van der Waals surface area (Å²) in [5.74, 6) is 0.965.